The van der Waals surface area contributed by atoms with E-state index in [1.54, 1.807) is 6.92 Å². The second-order valence-corrected chi connectivity index (χ2v) is 2.59. The van der Waals surface area contributed by atoms with E-state index in [-0.39, 0.29) is 0 Å². The normalized spacial score (nSPS) is 23.7. The summed E-state index contributed by atoms with van der Waals surface area (Å²) in [6.07, 6.45) is 0. The smallest absolute Gasteiger partial charge is 0.133 e. The fourth-order valence-electron chi connectivity index (χ4n) is 1.08. The Hall–Kier alpha value is -0.110. The molecule has 0 atom stereocenters. The molecule has 1 nitrogen and oxygen atoms in total. The summed E-state index contributed by atoms with van der Waals surface area (Å²) in [5.41, 5.74) is -0.880. The molecule has 0 amide bonds. The number of likely N-dealkylation sites (tertiary alicyclic amines) is 1. The molecule has 0 saturated carbocycles. The number of hydrogen-bond acceptors (Lipinski definition) is 1. The molecule has 0 aromatic heterocycles. The van der Waals surface area contributed by atoms with Gasteiger partial charge in [0.2, 0.25) is 0 Å². The van der Waals surface area contributed by atoms with Gasteiger partial charge in [0, 0.05) is 13.1 Å². The van der Waals surface area contributed by atoms with Gasteiger partial charge in [-0.3, -0.25) is 4.90 Å². The average molecular weight is 133 g/mol. The largest absolute Gasteiger partial charge is 0.300 e. The second kappa shape index (κ2) is 3.16. The summed E-state index contributed by atoms with van der Waals surface area (Å²) in [5.74, 6) is 0. The van der Waals surface area contributed by atoms with Crippen molar-refractivity contribution in [3.8, 4) is 0 Å². The molecule has 1 heterocycles. The number of halogens is 1. The van der Waals surface area contributed by atoms with Crippen molar-refractivity contribution in [1.82, 2.24) is 4.90 Å². The van der Waals surface area contributed by atoms with E-state index >= 15 is 0 Å². The Kier molecular flexibility index (Phi) is 3.12. The minimum absolute atomic E-state index is 0.604. The molecular formula is C7H16FN. The molecular weight excluding hydrogens is 117 g/mol. The summed E-state index contributed by atoms with van der Waals surface area (Å²) >= 11 is 0. The van der Waals surface area contributed by atoms with Gasteiger partial charge in [0.15, 0.2) is 0 Å². The van der Waals surface area contributed by atoms with Gasteiger partial charge in [-0.2, -0.15) is 0 Å². The highest BCUT2D eigenvalue weighted by atomic mass is 19.1. The van der Waals surface area contributed by atoms with Crippen molar-refractivity contribution in [2.45, 2.75) is 26.4 Å². The lowest BCUT2D eigenvalue weighted by atomic mass is 10.0. The number of nitrogens with zero attached hydrogens (tertiary/aromatic N) is 1. The van der Waals surface area contributed by atoms with E-state index in [2.05, 4.69) is 0 Å². The van der Waals surface area contributed by atoms with Crippen LogP contribution in [0.4, 0.5) is 4.39 Å². The number of hydrogen-bond donors (Lipinski definition) is 0. The van der Waals surface area contributed by atoms with Gasteiger partial charge in [-0.05, 0) is 14.0 Å². The third-order valence-electron chi connectivity index (χ3n) is 1.20. The Morgan fingerprint density at radius 1 is 1.33 bits per heavy atom. The highest BCUT2D eigenvalue weighted by molar-refractivity contribution is 4.89. The van der Waals surface area contributed by atoms with Crippen LogP contribution in [-0.2, 0) is 0 Å². The Balaban J connectivity index is 0.000000291. The molecule has 1 aliphatic heterocycles. The molecule has 2 heteroatoms. The van der Waals surface area contributed by atoms with Gasteiger partial charge in [0.25, 0.3) is 0 Å². The molecule has 1 rings (SSSR count). The van der Waals surface area contributed by atoms with Crippen LogP contribution in [0.5, 0.6) is 0 Å². The van der Waals surface area contributed by atoms with Gasteiger partial charge in [-0.15, -0.1) is 0 Å². The predicted molar refractivity (Wildman–Crippen MR) is 38.4 cm³/mol. The minimum Gasteiger partial charge on any atom is -0.300 e. The van der Waals surface area contributed by atoms with Crippen LogP contribution in [0.2, 0.25) is 0 Å². The van der Waals surface area contributed by atoms with Crippen LogP contribution in [0.15, 0.2) is 0 Å². The first kappa shape index (κ1) is 8.89. The maximum absolute atomic E-state index is 12.4. The Labute approximate surface area is 56.9 Å². The first-order valence-electron chi connectivity index (χ1n) is 3.48. The zero-order valence-electron chi connectivity index (χ0n) is 6.74. The van der Waals surface area contributed by atoms with Gasteiger partial charge < -0.3 is 0 Å². The molecule has 0 aromatic rings. The molecule has 1 saturated heterocycles. The standard InChI is InChI=1S/C5H10FN.C2H6/c1-5(6)3-7(2)4-5;1-2/h3-4H2,1-2H3;1-2H3. The lowest BCUT2D eigenvalue weighted by Crippen LogP contribution is -2.54. The Morgan fingerprint density at radius 2 is 1.67 bits per heavy atom. The molecule has 0 aliphatic carbocycles. The minimum atomic E-state index is -0.880. The predicted octanol–water partition coefficient (Wildman–Crippen LogP) is 1.69. The Bertz CT molecular complexity index is 73.0. The lowest BCUT2D eigenvalue weighted by Gasteiger charge is -2.39. The molecule has 1 aliphatic rings. The van der Waals surface area contributed by atoms with E-state index in [1.807, 2.05) is 25.8 Å². The van der Waals surface area contributed by atoms with Crippen molar-refractivity contribution in [2.24, 2.45) is 0 Å². The zero-order chi connectivity index (χ0) is 7.49. The first-order chi connectivity index (χ1) is 4.10. The van der Waals surface area contributed by atoms with E-state index in [9.17, 15) is 4.39 Å². The molecule has 0 radical (unpaired) electrons. The average Bonchev–Trinajstić information content (AvgIpc) is 1.67. The maximum Gasteiger partial charge on any atom is 0.133 e. The van der Waals surface area contributed by atoms with E-state index in [1.165, 1.54) is 0 Å². The highest BCUT2D eigenvalue weighted by Crippen LogP contribution is 2.21. The van der Waals surface area contributed by atoms with Crippen LogP contribution < -0.4 is 0 Å². The summed E-state index contributed by atoms with van der Waals surface area (Å²) in [7, 11) is 1.92. The zero-order valence-corrected chi connectivity index (χ0v) is 6.74. The van der Waals surface area contributed by atoms with Crippen molar-refractivity contribution in [1.29, 1.82) is 0 Å². The van der Waals surface area contributed by atoms with Crippen LogP contribution in [0.3, 0.4) is 0 Å². The van der Waals surface area contributed by atoms with E-state index < -0.39 is 5.67 Å². The number of alkyl halides is 1. The maximum atomic E-state index is 12.4. The van der Waals surface area contributed by atoms with E-state index in [4.69, 9.17) is 0 Å². The first-order valence-corrected chi connectivity index (χ1v) is 3.48. The molecule has 0 bridgehead atoms. The quantitative estimate of drug-likeness (QED) is 0.486. The van der Waals surface area contributed by atoms with Crippen molar-refractivity contribution in [3.05, 3.63) is 0 Å². The number of rotatable bonds is 0. The van der Waals surface area contributed by atoms with Gasteiger partial charge in [0.1, 0.15) is 5.67 Å². The third-order valence-corrected chi connectivity index (χ3v) is 1.20. The van der Waals surface area contributed by atoms with Gasteiger partial charge in [-0.1, -0.05) is 13.8 Å². The fraction of sp³-hybridized carbons (Fsp3) is 1.00. The molecule has 0 unspecified atom stereocenters. The third kappa shape index (κ3) is 2.80. The van der Waals surface area contributed by atoms with Crippen LogP contribution in [0, 0.1) is 0 Å². The topological polar surface area (TPSA) is 3.24 Å². The summed E-state index contributed by atoms with van der Waals surface area (Å²) < 4.78 is 12.4. The molecule has 56 valence electrons. The van der Waals surface area contributed by atoms with Crippen molar-refractivity contribution >= 4 is 0 Å². The fourth-order valence-corrected chi connectivity index (χ4v) is 1.08. The molecule has 0 aromatic carbocycles. The van der Waals surface area contributed by atoms with Crippen molar-refractivity contribution in [3.63, 3.8) is 0 Å². The molecule has 0 spiro atoms. The summed E-state index contributed by atoms with van der Waals surface area (Å²) in [6, 6.07) is 0. The van der Waals surface area contributed by atoms with Crippen LogP contribution in [0.25, 0.3) is 0 Å². The van der Waals surface area contributed by atoms with E-state index in [0.717, 1.165) is 0 Å². The Morgan fingerprint density at radius 3 is 1.67 bits per heavy atom. The monoisotopic (exact) mass is 133 g/mol. The second-order valence-electron chi connectivity index (χ2n) is 2.59. The van der Waals surface area contributed by atoms with Crippen molar-refractivity contribution < 1.29 is 4.39 Å². The molecule has 9 heavy (non-hydrogen) atoms. The van der Waals surface area contributed by atoms with Crippen LogP contribution in [0.1, 0.15) is 20.8 Å². The van der Waals surface area contributed by atoms with Gasteiger partial charge in [0.05, 0.1) is 0 Å². The molecule has 0 N–H and O–H groups in total. The van der Waals surface area contributed by atoms with Gasteiger partial charge in [-0.25, -0.2) is 4.39 Å². The lowest BCUT2D eigenvalue weighted by molar-refractivity contribution is 0.00103. The highest BCUT2D eigenvalue weighted by Gasteiger charge is 2.35. The van der Waals surface area contributed by atoms with E-state index in [0.29, 0.717) is 13.1 Å². The van der Waals surface area contributed by atoms with Crippen LogP contribution in [-0.4, -0.2) is 30.7 Å². The van der Waals surface area contributed by atoms with Crippen LogP contribution >= 0.6 is 0 Å². The van der Waals surface area contributed by atoms with Crippen molar-refractivity contribution in [2.75, 3.05) is 20.1 Å². The summed E-state index contributed by atoms with van der Waals surface area (Å²) in [4.78, 5) is 1.96. The molecule has 1 fully saturated rings. The van der Waals surface area contributed by atoms with Gasteiger partial charge >= 0.3 is 0 Å². The summed E-state index contributed by atoms with van der Waals surface area (Å²) in [6.45, 7) is 6.84. The summed E-state index contributed by atoms with van der Waals surface area (Å²) in [5, 5.41) is 0. The SMILES string of the molecule is CC.CN1CC(C)(F)C1.